The van der Waals surface area contributed by atoms with Crippen LogP contribution in [-0.4, -0.2) is 42.2 Å². The summed E-state index contributed by atoms with van der Waals surface area (Å²) in [6.45, 7) is 2.96. The maximum absolute atomic E-state index is 13.5. The molecule has 0 spiro atoms. The third-order valence-corrected chi connectivity index (χ3v) is 3.82. The minimum Gasteiger partial charge on any atom is -0.494 e. The number of carbonyl (C=O) groups excluding carboxylic acids is 1. The molecule has 1 aliphatic rings. The van der Waals surface area contributed by atoms with E-state index in [0.29, 0.717) is 18.7 Å². The second-order valence-electron chi connectivity index (χ2n) is 5.34. The molecule has 1 N–H and O–H groups in total. The van der Waals surface area contributed by atoms with E-state index >= 15 is 0 Å². The van der Waals surface area contributed by atoms with Crippen molar-refractivity contribution in [1.82, 2.24) is 4.90 Å². The number of amides is 1. The third kappa shape index (κ3) is 3.82. The lowest BCUT2D eigenvalue weighted by molar-refractivity contribution is -0.130. The number of piperidine rings is 1. The van der Waals surface area contributed by atoms with E-state index in [1.54, 1.807) is 17.0 Å². The number of halogens is 1. The molecule has 2 atom stereocenters. The van der Waals surface area contributed by atoms with Gasteiger partial charge >= 0.3 is 0 Å². The number of methoxy groups -OCH3 is 1. The van der Waals surface area contributed by atoms with Gasteiger partial charge in [-0.2, -0.15) is 0 Å². The number of aliphatic hydroxyl groups is 1. The van der Waals surface area contributed by atoms with E-state index in [2.05, 4.69) is 0 Å². The van der Waals surface area contributed by atoms with Gasteiger partial charge in [-0.15, -0.1) is 0 Å². The topological polar surface area (TPSA) is 49.8 Å². The van der Waals surface area contributed by atoms with Crippen LogP contribution in [0.5, 0.6) is 5.75 Å². The molecule has 1 fully saturated rings. The zero-order valence-electron chi connectivity index (χ0n) is 12.3. The monoisotopic (exact) mass is 293 g/mol. The fourth-order valence-electron chi connectivity index (χ4n) is 2.31. The van der Waals surface area contributed by atoms with Gasteiger partial charge in [0.1, 0.15) is 0 Å². The molecular weight excluding hydrogens is 273 g/mol. The molecule has 1 aromatic rings. The SMILES string of the molecule is COc1ccc(/C=C/C(=O)N2CCC(C)C(O)C2)cc1F. The average Bonchev–Trinajstić information content (AvgIpc) is 2.47. The van der Waals surface area contributed by atoms with E-state index in [0.717, 1.165) is 6.42 Å². The first kappa shape index (κ1) is 15.5. The van der Waals surface area contributed by atoms with Gasteiger partial charge in [0.25, 0.3) is 0 Å². The number of rotatable bonds is 3. The smallest absolute Gasteiger partial charge is 0.246 e. The highest BCUT2D eigenvalue weighted by Gasteiger charge is 2.26. The number of ether oxygens (including phenoxy) is 1. The molecule has 114 valence electrons. The first-order valence-corrected chi connectivity index (χ1v) is 7.00. The van der Waals surface area contributed by atoms with Crippen molar-refractivity contribution in [3.8, 4) is 5.75 Å². The summed E-state index contributed by atoms with van der Waals surface area (Å²) in [5, 5.41) is 9.79. The number of aliphatic hydroxyl groups excluding tert-OH is 1. The van der Waals surface area contributed by atoms with Gasteiger partial charge in [-0.1, -0.05) is 13.0 Å². The molecule has 0 radical (unpaired) electrons. The lowest BCUT2D eigenvalue weighted by Gasteiger charge is -2.33. The van der Waals surface area contributed by atoms with Crippen molar-refractivity contribution in [2.45, 2.75) is 19.4 Å². The van der Waals surface area contributed by atoms with Gasteiger partial charge in [0, 0.05) is 19.2 Å². The second-order valence-corrected chi connectivity index (χ2v) is 5.34. The Hall–Kier alpha value is -1.88. The number of benzene rings is 1. The van der Waals surface area contributed by atoms with Crippen LogP contribution in [0.25, 0.3) is 6.08 Å². The van der Waals surface area contributed by atoms with E-state index in [4.69, 9.17) is 4.74 Å². The normalized spacial score (nSPS) is 22.6. The van der Waals surface area contributed by atoms with E-state index in [9.17, 15) is 14.3 Å². The number of nitrogens with zero attached hydrogens (tertiary/aromatic N) is 1. The molecule has 0 saturated carbocycles. The standard InChI is InChI=1S/C16H20FNO3/c1-11-7-8-18(10-14(11)19)16(20)6-4-12-3-5-15(21-2)13(17)9-12/h3-6,9,11,14,19H,7-8,10H2,1-2H3/b6-4+. The van der Waals surface area contributed by atoms with Crippen LogP contribution in [0.1, 0.15) is 18.9 Å². The van der Waals surface area contributed by atoms with Gasteiger partial charge in [0.2, 0.25) is 5.91 Å². The molecule has 0 bridgehead atoms. The molecule has 1 saturated heterocycles. The minimum atomic E-state index is -0.477. The molecule has 2 rings (SSSR count). The molecule has 4 nitrogen and oxygen atoms in total. The van der Waals surface area contributed by atoms with Crippen molar-refractivity contribution >= 4 is 12.0 Å². The zero-order chi connectivity index (χ0) is 15.4. The molecule has 1 heterocycles. The van der Waals surface area contributed by atoms with Crippen molar-refractivity contribution < 1.29 is 19.0 Å². The second kappa shape index (κ2) is 6.72. The summed E-state index contributed by atoms with van der Waals surface area (Å²) in [5.74, 6) is -0.244. The van der Waals surface area contributed by atoms with E-state index in [1.807, 2.05) is 6.92 Å². The van der Waals surface area contributed by atoms with Crippen LogP contribution in [0.3, 0.4) is 0 Å². The lowest BCUT2D eigenvalue weighted by Crippen LogP contribution is -2.45. The van der Waals surface area contributed by atoms with Gasteiger partial charge < -0.3 is 14.7 Å². The van der Waals surface area contributed by atoms with Gasteiger partial charge in [-0.05, 0) is 36.1 Å². The zero-order valence-corrected chi connectivity index (χ0v) is 12.3. The molecule has 1 aliphatic heterocycles. The Morgan fingerprint density at radius 3 is 2.90 bits per heavy atom. The van der Waals surface area contributed by atoms with Crippen molar-refractivity contribution in [3.63, 3.8) is 0 Å². The molecule has 2 unspecified atom stereocenters. The van der Waals surface area contributed by atoms with Crippen LogP contribution in [-0.2, 0) is 4.79 Å². The highest BCUT2D eigenvalue weighted by Crippen LogP contribution is 2.19. The Labute approximate surface area is 123 Å². The summed E-state index contributed by atoms with van der Waals surface area (Å²) in [7, 11) is 1.40. The molecule has 21 heavy (non-hydrogen) atoms. The molecule has 5 heteroatoms. The fourth-order valence-corrected chi connectivity index (χ4v) is 2.31. The number of likely N-dealkylation sites (tertiary alicyclic amines) is 1. The van der Waals surface area contributed by atoms with Crippen molar-refractivity contribution in [2.75, 3.05) is 20.2 Å². The maximum atomic E-state index is 13.5. The summed E-state index contributed by atoms with van der Waals surface area (Å²) in [5.41, 5.74) is 0.590. The Kier molecular flexibility index (Phi) is 4.96. The fraction of sp³-hybridized carbons (Fsp3) is 0.438. The molecular formula is C16H20FNO3. The lowest BCUT2D eigenvalue weighted by atomic mass is 9.96. The van der Waals surface area contributed by atoms with Gasteiger partial charge in [-0.25, -0.2) is 4.39 Å². The Balaban J connectivity index is 2.00. The van der Waals surface area contributed by atoms with Crippen LogP contribution in [0.15, 0.2) is 24.3 Å². The molecule has 0 aliphatic carbocycles. The summed E-state index contributed by atoms with van der Waals surface area (Å²) in [6, 6.07) is 4.51. The Morgan fingerprint density at radius 2 is 2.29 bits per heavy atom. The Bertz CT molecular complexity index is 544. The van der Waals surface area contributed by atoms with Crippen molar-refractivity contribution in [1.29, 1.82) is 0 Å². The van der Waals surface area contributed by atoms with Crippen LogP contribution < -0.4 is 4.74 Å². The van der Waals surface area contributed by atoms with Crippen LogP contribution >= 0.6 is 0 Å². The third-order valence-electron chi connectivity index (χ3n) is 3.82. The summed E-state index contributed by atoms with van der Waals surface area (Å²) in [4.78, 5) is 13.7. The predicted octanol–water partition coefficient (Wildman–Crippen LogP) is 2.08. The predicted molar refractivity (Wildman–Crippen MR) is 78.4 cm³/mol. The molecule has 1 aromatic carbocycles. The minimum absolute atomic E-state index is 0.169. The molecule has 1 amide bonds. The Morgan fingerprint density at radius 1 is 1.52 bits per heavy atom. The first-order chi connectivity index (χ1) is 10.0. The number of carbonyl (C=O) groups is 1. The van der Waals surface area contributed by atoms with Gasteiger partial charge in [0.05, 0.1) is 13.2 Å². The summed E-state index contributed by atoms with van der Waals surface area (Å²) in [6.07, 6.45) is 3.28. The number of hydrogen-bond acceptors (Lipinski definition) is 3. The highest BCUT2D eigenvalue weighted by molar-refractivity contribution is 5.91. The van der Waals surface area contributed by atoms with Gasteiger partial charge in [0.15, 0.2) is 11.6 Å². The first-order valence-electron chi connectivity index (χ1n) is 7.00. The largest absolute Gasteiger partial charge is 0.494 e. The summed E-state index contributed by atoms with van der Waals surface area (Å²) >= 11 is 0. The molecule has 0 aromatic heterocycles. The van der Waals surface area contributed by atoms with Gasteiger partial charge in [-0.3, -0.25) is 4.79 Å². The number of β-amino-alcohol motifs (C(OH)–C–C–N with tert-alkyl or cyclic N) is 1. The summed E-state index contributed by atoms with van der Waals surface area (Å²) < 4.78 is 18.4. The van der Waals surface area contributed by atoms with E-state index in [-0.39, 0.29) is 17.6 Å². The van der Waals surface area contributed by atoms with Crippen LogP contribution in [0.4, 0.5) is 4.39 Å². The van der Waals surface area contributed by atoms with Crippen LogP contribution in [0.2, 0.25) is 0 Å². The highest BCUT2D eigenvalue weighted by atomic mass is 19.1. The van der Waals surface area contributed by atoms with Crippen LogP contribution in [0, 0.1) is 11.7 Å². The van der Waals surface area contributed by atoms with Crippen molar-refractivity contribution in [3.05, 3.63) is 35.7 Å². The number of hydrogen-bond donors (Lipinski definition) is 1. The van der Waals surface area contributed by atoms with Crippen molar-refractivity contribution in [2.24, 2.45) is 5.92 Å². The van der Waals surface area contributed by atoms with E-state index < -0.39 is 11.9 Å². The quantitative estimate of drug-likeness (QED) is 0.868. The maximum Gasteiger partial charge on any atom is 0.246 e. The average molecular weight is 293 g/mol. The van der Waals surface area contributed by atoms with E-state index in [1.165, 1.54) is 25.3 Å².